The van der Waals surface area contributed by atoms with Crippen molar-refractivity contribution in [3.8, 4) is 17.7 Å². The van der Waals surface area contributed by atoms with Crippen molar-refractivity contribution in [1.29, 1.82) is 5.26 Å². The van der Waals surface area contributed by atoms with E-state index < -0.39 is 16.4 Å². The summed E-state index contributed by atoms with van der Waals surface area (Å²) < 4.78 is 6.28. The molecule has 0 atom stereocenters. The summed E-state index contributed by atoms with van der Waals surface area (Å²) in [6.45, 7) is 5.55. The van der Waals surface area contributed by atoms with E-state index in [1.807, 2.05) is 13.0 Å². The van der Waals surface area contributed by atoms with Gasteiger partial charge in [0.25, 0.3) is 11.2 Å². The number of azo groups is 1. The minimum atomic E-state index is -0.631. The van der Waals surface area contributed by atoms with Crippen molar-refractivity contribution in [2.75, 3.05) is 6.61 Å². The summed E-state index contributed by atoms with van der Waals surface area (Å²) in [7, 11) is 0. The maximum atomic E-state index is 12.6. The summed E-state index contributed by atoms with van der Waals surface area (Å²) in [5.41, 5.74) is -1.14. The number of ether oxygens (including phenoxy) is 1. The van der Waals surface area contributed by atoms with Crippen LogP contribution in [-0.4, -0.2) is 21.2 Å². The Morgan fingerprint density at radius 1 is 1.36 bits per heavy atom. The van der Waals surface area contributed by atoms with Crippen LogP contribution in [0.5, 0.6) is 11.6 Å². The van der Waals surface area contributed by atoms with Crippen LogP contribution in [0, 0.1) is 28.4 Å². The summed E-state index contributed by atoms with van der Waals surface area (Å²) in [6, 6.07) is 5.93. The van der Waals surface area contributed by atoms with Gasteiger partial charge in [0, 0.05) is 12.1 Å². The molecule has 146 valence electrons. The van der Waals surface area contributed by atoms with Crippen LogP contribution in [0.25, 0.3) is 0 Å². The third kappa shape index (κ3) is 3.98. The number of nitro benzene ring substituents is 1. The SMILES string of the molecule is CCCn1c(O)c(C#N)c(C)c(N=Nc2ccc(OCC)cc2[N+](=O)[O-])c1=O. The van der Waals surface area contributed by atoms with Gasteiger partial charge in [0.1, 0.15) is 17.4 Å². The van der Waals surface area contributed by atoms with Gasteiger partial charge in [-0.05, 0) is 32.4 Å². The van der Waals surface area contributed by atoms with E-state index in [0.29, 0.717) is 18.8 Å². The van der Waals surface area contributed by atoms with E-state index in [0.717, 1.165) is 4.57 Å². The van der Waals surface area contributed by atoms with Crippen molar-refractivity contribution in [2.24, 2.45) is 10.2 Å². The molecule has 10 heteroatoms. The monoisotopic (exact) mass is 385 g/mol. The van der Waals surface area contributed by atoms with Crippen molar-refractivity contribution in [2.45, 2.75) is 33.7 Å². The lowest BCUT2D eigenvalue weighted by Gasteiger charge is -2.11. The van der Waals surface area contributed by atoms with Gasteiger partial charge in [0.05, 0.1) is 17.6 Å². The highest BCUT2D eigenvalue weighted by Gasteiger charge is 2.20. The lowest BCUT2D eigenvalue weighted by Crippen LogP contribution is -2.21. The molecule has 2 rings (SSSR count). The van der Waals surface area contributed by atoms with Crippen LogP contribution >= 0.6 is 0 Å². The van der Waals surface area contributed by atoms with Crippen LogP contribution in [0.15, 0.2) is 33.2 Å². The van der Waals surface area contributed by atoms with E-state index in [4.69, 9.17) is 4.74 Å². The molecule has 0 aliphatic heterocycles. The largest absolute Gasteiger partial charge is 0.494 e. The molecule has 0 saturated carbocycles. The van der Waals surface area contributed by atoms with E-state index in [1.165, 1.54) is 25.1 Å². The van der Waals surface area contributed by atoms with Gasteiger partial charge in [-0.1, -0.05) is 6.92 Å². The van der Waals surface area contributed by atoms with Gasteiger partial charge in [-0.25, -0.2) is 0 Å². The van der Waals surface area contributed by atoms with Crippen LogP contribution in [0.2, 0.25) is 0 Å². The number of hydrogen-bond donors (Lipinski definition) is 1. The molecule has 0 saturated heterocycles. The second-order valence-electron chi connectivity index (χ2n) is 5.78. The summed E-state index contributed by atoms with van der Waals surface area (Å²) in [4.78, 5) is 23.3. The van der Waals surface area contributed by atoms with E-state index in [1.54, 1.807) is 6.92 Å². The first-order chi connectivity index (χ1) is 13.3. The molecule has 0 fully saturated rings. The first-order valence-corrected chi connectivity index (χ1v) is 8.55. The Balaban J connectivity index is 2.61. The number of aromatic hydroxyl groups is 1. The standard InChI is InChI=1S/C18H19N5O5/c1-4-8-22-17(24)13(10-19)11(3)16(18(22)25)21-20-14-7-6-12(28-5-2)9-15(14)23(26)27/h6-7,9,24H,4-5,8H2,1-3H3. The minimum absolute atomic E-state index is 0.0686. The molecule has 0 amide bonds. The molecule has 1 aromatic carbocycles. The molecule has 0 spiro atoms. The van der Waals surface area contributed by atoms with Crippen LogP contribution in [0.4, 0.5) is 17.1 Å². The van der Waals surface area contributed by atoms with Gasteiger partial charge >= 0.3 is 0 Å². The number of nitro groups is 1. The highest BCUT2D eigenvalue weighted by Crippen LogP contribution is 2.33. The summed E-state index contributed by atoms with van der Waals surface area (Å²) in [5, 5.41) is 38.5. The Hall–Kier alpha value is -3.74. The van der Waals surface area contributed by atoms with Crippen LogP contribution in [-0.2, 0) is 6.54 Å². The molecular formula is C18H19N5O5. The van der Waals surface area contributed by atoms with Crippen molar-refractivity contribution in [1.82, 2.24) is 4.57 Å². The fraction of sp³-hybridized carbons (Fsp3) is 0.333. The van der Waals surface area contributed by atoms with Gasteiger partial charge < -0.3 is 9.84 Å². The molecule has 28 heavy (non-hydrogen) atoms. The number of pyridine rings is 1. The van der Waals surface area contributed by atoms with Gasteiger partial charge in [-0.15, -0.1) is 10.2 Å². The van der Waals surface area contributed by atoms with Gasteiger partial charge in [0.2, 0.25) is 5.88 Å². The predicted molar refractivity (Wildman–Crippen MR) is 101 cm³/mol. The minimum Gasteiger partial charge on any atom is -0.494 e. The highest BCUT2D eigenvalue weighted by molar-refractivity contribution is 5.61. The smallest absolute Gasteiger partial charge is 0.300 e. The molecule has 0 unspecified atom stereocenters. The highest BCUT2D eigenvalue weighted by atomic mass is 16.6. The maximum absolute atomic E-state index is 12.6. The molecule has 0 radical (unpaired) electrons. The molecule has 0 bridgehead atoms. The molecule has 10 nitrogen and oxygen atoms in total. The molecule has 1 heterocycles. The number of hydrogen-bond acceptors (Lipinski definition) is 8. The van der Waals surface area contributed by atoms with E-state index in [9.17, 15) is 25.3 Å². The summed E-state index contributed by atoms with van der Waals surface area (Å²) >= 11 is 0. The predicted octanol–water partition coefficient (Wildman–Crippen LogP) is 3.87. The van der Waals surface area contributed by atoms with Crippen LogP contribution < -0.4 is 10.3 Å². The third-order valence-electron chi connectivity index (χ3n) is 3.93. The zero-order valence-electron chi connectivity index (χ0n) is 15.7. The Kier molecular flexibility index (Phi) is 6.44. The van der Waals surface area contributed by atoms with E-state index >= 15 is 0 Å². The fourth-order valence-corrected chi connectivity index (χ4v) is 2.58. The fourth-order valence-electron chi connectivity index (χ4n) is 2.58. The molecule has 1 N–H and O–H groups in total. The third-order valence-corrected chi connectivity index (χ3v) is 3.93. The molecular weight excluding hydrogens is 366 g/mol. The second-order valence-corrected chi connectivity index (χ2v) is 5.78. The topological polar surface area (TPSA) is 143 Å². The number of aromatic nitrogens is 1. The van der Waals surface area contributed by atoms with Gasteiger partial charge in [0.15, 0.2) is 11.4 Å². The Labute approximate surface area is 160 Å². The van der Waals surface area contributed by atoms with Crippen molar-refractivity contribution in [3.05, 3.63) is 49.8 Å². The average Bonchev–Trinajstić information content (AvgIpc) is 2.66. The molecule has 1 aromatic heterocycles. The summed E-state index contributed by atoms with van der Waals surface area (Å²) in [6.07, 6.45) is 0.544. The quantitative estimate of drug-likeness (QED) is 0.435. The molecule has 0 aliphatic rings. The van der Waals surface area contributed by atoms with Crippen molar-refractivity contribution >= 4 is 17.1 Å². The van der Waals surface area contributed by atoms with E-state index in [2.05, 4.69) is 10.2 Å². The zero-order chi connectivity index (χ0) is 20.8. The number of nitrogens with zero attached hydrogens (tertiary/aromatic N) is 5. The first kappa shape index (κ1) is 20.6. The normalized spacial score (nSPS) is 10.8. The number of rotatable bonds is 7. The Bertz CT molecular complexity index is 1040. The maximum Gasteiger partial charge on any atom is 0.300 e. The van der Waals surface area contributed by atoms with Gasteiger partial charge in [-0.2, -0.15) is 5.26 Å². The van der Waals surface area contributed by atoms with Crippen LogP contribution in [0.1, 0.15) is 31.4 Å². The summed E-state index contributed by atoms with van der Waals surface area (Å²) in [5.74, 6) is -0.121. The average molecular weight is 385 g/mol. The second kappa shape index (κ2) is 8.77. The zero-order valence-corrected chi connectivity index (χ0v) is 15.7. The van der Waals surface area contributed by atoms with Crippen molar-refractivity contribution in [3.63, 3.8) is 0 Å². The van der Waals surface area contributed by atoms with Crippen molar-refractivity contribution < 1.29 is 14.8 Å². The Morgan fingerprint density at radius 2 is 2.07 bits per heavy atom. The molecule has 0 aliphatic carbocycles. The lowest BCUT2D eigenvalue weighted by atomic mass is 10.1. The van der Waals surface area contributed by atoms with E-state index in [-0.39, 0.29) is 34.7 Å². The number of benzene rings is 1. The van der Waals surface area contributed by atoms with Crippen LogP contribution in [0.3, 0.4) is 0 Å². The first-order valence-electron chi connectivity index (χ1n) is 8.55. The molecule has 2 aromatic rings. The lowest BCUT2D eigenvalue weighted by molar-refractivity contribution is -0.384. The Morgan fingerprint density at radius 3 is 2.64 bits per heavy atom. The van der Waals surface area contributed by atoms with Gasteiger partial charge in [-0.3, -0.25) is 19.5 Å². The number of nitriles is 1.